The van der Waals surface area contributed by atoms with E-state index in [4.69, 9.17) is 0 Å². The van der Waals surface area contributed by atoms with Crippen LogP contribution in [0.1, 0.15) is 17.4 Å². The molecule has 164 valence electrons. The fourth-order valence-corrected chi connectivity index (χ4v) is 5.87. The van der Waals surface area contributed by atoms with Crippen LogP contribution in [0.15, 0.2) is 104 Å². The van der Waals surface area contributed by atoms with E-state index in [2.05, 4.69) is 120 Å². The second kappa shape index (κ2) is 8.36. The first-order valence-electron chi connectivity index (χ1n) is 11.4. The standard InChI is InChI=1S/C31H24N2S/c1-3-11-26-28(4-2)34-29-19-18-25-24-17-16-22(32-21-12-7-5-8-13-21)20-27(24)33(31(25)30(26)29)23-14-9-6-10-15-23/h3-20,32H,2H2,1H3/b11-3-. The third-order valence-electron chi connectivity index (χ3n) is 6.24. The summed E-state index contributed by atoms with van der Waals surface area (Å²) in [6.07, 6.45) is 6.30. The first kappa shape index (κ1) is 20.5. The lowest BCUT2D eigenvalue weighted by atomic mass is 10.1. The van der Waals surface area contributed by atoms with Crippen molar-refractivity contribution in [2.75, 3.05) is 5.32 Å². The van der Waals surface area contributed by atoms with Gasteiger partial charge >= 0.3 is 0 Å². The number of hydrogen-bond acceptors (Lipinski definition) is 2. The Balaban J connectivity index is 1.73. The molecule has 0 radical (unpaired) electrons. The summed E-state index contributed by atoms with van der Waals surface area (Å²) in [5.41, 5.74) is 6.98. The van der Waals surface area contributed by atoms with Crippen LogP contribution in [-0.4, -0.2) is 4.57 Å². The second-order valence-corrected chi connectivity index (χ2v) is 9.40. The summed E-state index contributed by atoms with van der Waals surface area (Å²) in [5.74, 6) is 0. The molecule has 0 aliphatic carbocycles. The normalized spacial score (nSPS) is 11.7. The maximum absolute atomic E-state index is 4.09. The molecule has 4 aromatic carbocycles. The van der Waals surface area contributed by atoms with Crippen molar-refractivity contribution in [2.45, 2.75) is 6.92 Å². The van der Waals surface area contributed by atoms with E-state index in [9.17, 15) is 0 Å². The van der Waals surface area contributed by atoms with E-state index in [1.165, 1.54) is 42.3 Å². The summed E-state index contributed by atoms with van der Waals surface area (Å²) < 4.78 is 3.69. The summed E-state index contributed by atoms with van der Waals surface area (Å²) in [4.78, 5) is 1.21. The van der Waals surface area contributed by atoms with Crippen molar-refractivity contribution in [1.29, 1.82) is 0 Å². The van der Waals surface area contributed by atoms with Crippen molar-refractivity contribution in [3.8, 4) is 5.69 Å². The molecule has 1 N–H and O–H groups in total. The highest BCUT2D eigenvalue weighted by atomic mass is 32.1. The maximum Gasteiger partial charge on any atom is 0.0634 e. The van der Waals surface area contributed by atoms with Crippen molar-refractivity contribution >= 4 is 66.8 Å². The van der Waals surface area contributed by atoms with Gasteiger partial charge < -0.3 is 9.88 Å². The number of rotatable bonds is 5. The fraction of sp³-hybridized carbons (Fsp3) is 0.0323. The van der Waals surface area contributed by atoms with Crippen LogP contribution in [0.3, 0.4) is 0 Å². The molecule has 0 unspecified atom stereocenters. The van der Waals surface area contributed by atoms with Gasteiger partial charge in [-0.3, -0.25) is 0 Å². The average Bonchev–Trinajstić information content (AvgIpc) is 3.40. The number of para-hydroxylation sites is 2. The zero-order chi connectivity index (χ0) is 23.1. The largest absolute Gasteiger partial charge is 0.355 e. The highest BCUT2D eigenvalue weighted by Crippen LogP contribution is 2.43. The highest BCUT2D eigenvalue weighted by Gasteiger charge is 2.19. The van der Waals surface area contributed by atoms with Gasteiger partial charge in [-0.1, -0.05) is 73.3 Å². The van der Waals surface area contributed by atoms with Gasteiger partial charge in [0.15, 0.2) is 0 Å². The van der Waals surface area contributed by atoms with Gasteiger partial charge in [-0.25, -0.2) is 0 Å². The van der Waals surface area contributed by atoms with Crippen molar-refractivity contribution in [3.05, 3.63) is 114 Å². The zero-order valence-electron chi connectivity index (χ0n) is 19.0. The van der Waals surface area contributed by atoms with Crippen molar-refractivity contribution in [2.24, 2.45) is 0 Å². The Morgan fingerprint density at radius 1 is 0.824 bits per heavy atom. The number of nitrogens with zero attached hydrogens (tertiary/aromatic N) is 1. The van der Waals surface area contributed by atoms with Crippen LogP contribution >= 0.6 is 11.3 Å². The molecule has 0 spiro atoms. The summed E-state index contributed by atoms with van der Waals surface area (Å²) >= 11 is 1.80. The molecule has 2 nitrogen and oxygen atoms in total. The van der Waals surface area contributed by atoms with E-state index in [0.29, 0.717) is 0 Å². The summed E-state index contributed by atoms with van der Waals surface area (Å²) in [6.45, 7) is 6.16. The Morgan fingerprint density at radius 2 is 1.56 bits per heavy atom. The number of fused-ring (bicyclic) bond motifs is 5. The molecule has 2 heterocycles. The monoisotopic (exact) mass is 456 g/mol. The van der Waals surface area contributed by atoms with Gasteiger partial charge in [-0.15, -0.1) is 11.3 Å². The Morgan fingerprint density at radius 3 is 2.29 bits per heavy atom. The number of thiophene rings is 1. The minimum atomic E-state index is 1.07. The SMILES string of the molecule is C=Cc1sc2ccc3c4ccc(Nc5ccccc5)cc4n(-c4ccccc4)c3c2c1/C=C\C. The van der Waals surface area contributed by atoms with Gasteiger partial charge in [0.05, 0.1) is 11.0 Å². The van der Waals surface area contributed by atoms with Crippen LogP contribution in [0.4, 0.5) is 11.4 Å². The zero-order valence-corrected chi connectivity index (χ0v) is 19.8. The Bertz CT molecular complexity index is 1690. The van der Waals surface area contributed by atoms with Gasteiger partial charge in [0.2, 0.25) is 0 Å². The number of allylic oxidation sites excluding steroid dienone is 1. The molecule has 0 amide bonds. The third kappa shape index (κ3) is 3.25. The van der Waals surface area contributed by atoms with Gasteiger partial charge in [-0.05, 0) is 49.4 Å². The van der Waals surface area contributed by atoms with Crippen LogP contribution in [0.5, 0.6) is 0 Å². The summed E-state index contributed by atoms with van der Waals surface area (Å²) in [7, 11) is 0. The van der Waals surface area contributed by atoms with Gasteiger partial charge in [0, 0.05) is 48.4 Å². The van der Waals surface area contributed by atoms with E-state index in [1.807, 2.05) is 12.1 Å². The van der Waals surface area contributed by atoms with Crippen LogP contribution < -0.4 is 5.32 Å². The number of anilines is 2. The van der Waals surface area contributed by atoms with Gasteiger partial charge in [0.25, 0.3) is 0 Å². The van der Waals surface area contributed by atoms with Crippen molar-refractivity contribution in [1.82, 2.24) is 4.57 Å². The molecule has 0 aliphatic heterocycles. The molecule has 6 rings (SSSR count). The Labute approximate surface area is 203 Å². The van der Waals surface area contributed by atoms with Gasteiger partial charge in [0.1, 0.15) is 0 Å². The van der Waals surface area contributed by atoms with E-state index in [-0.39, 0.29) is 0 Å². The van der Waals surface area contributed by atoms with Crippen molar-refractivity contribution < 1.29 is 0 Å². The number of nitrogens with one attached hydrogen (secondary N) is 1. The smallest absolute Gasteiger partial charge is 0.0634 e. The summed E-state index contributed by atoms with van der Waals surface area (Å²) in [5, 5.41) is 7.36. The second-order valence-electron chi connectivity index (χ2n) is 8.31. The highest BCUT2D eigenvalue weighted by molar-refractivity contribution is 7.20. The maximum atomic E-state index is 4.09. The predicted octanol–water partition coefficient (Wildman–Crippen LogP) is 9.42. The fourth-order valence-electron chi connectivity index (χ4n) is 4.82. The molecule has 6 aromatic rings. The molecule has 0 fully saturated rings. The van der Waals surface area contributed by atoms with E-state index < -0.39 is 0 Å². The number of benzene rings is 4. The molecule has 0 saturated carbocycles. The third-order valence-corrected chi connectivity index (χ3v) is 7.41. The average molecular weight is 457 g/mol. The quantitative estimate of drug-likeness (QED) is 0.273. The summed E-state index contributed by atoms with van der Waals surface area (Å²) in [6, 6.07) is 32.2. The topological polar surface area (TPSA) is 17.0 Å². The molecule has 0 bridgehead atoms. The van der Waals surface area contributed by atoms with Crippen LogP contribution in [-0.2, 0) is 0 Å². The molecule has 0 atom stereocenters. The number of hydrogen-bond donors (Lipinski definition) is 1. The van der Waals surface area contributed by atoms with Crippen LogP contribution in [0.25, 0.3) is 49.7 Å². The first-order valence-corrected chi connectivity index (χ1v) is 12.3. The van der Waals surface area contributed by atoms with E-state index in [1.54, 1.807) is 11.3 Å². The Hall–Kier alpha value is -4.08. The predicted molar refractivity (Wildman–Crippen MR) is 151 cm³/mol. The molecular weight excluding hydrogens is 432 g/mol. The number of aromatic nitrogens is 1. The van der Waals surface area contributed by atoms with Gasteiger partial charge in [-0.2, -0.15) is 0 Å². The minimum absolute atomic E-state index is 1.07. The molecule has 0 aliphatic rings. The lowest BCUT2D eigenvalue weighted by molar-refractivity contribution is 1.19. The van der Waals surface area contributed by atoms with E-state index >= 15 is 0 Å². The lowest BCUT2D eigenvalue weighted by Crippen LogP contribution is -1.95. The van der Waals surface area contributed by atoms with Crippen LogP contribution in [0, 0.1) is 0 Å². The lowest BCUT2D eigenvalue weighted by Gasteiger charge is -2.11. The molecular formula is C31H24N2S. The van der Waals surface area contributed by atoms with E-state index in [0.717, 1.165) is 17.1 Å². The molecule has 2 aromatic heterocycles. The Kier molecular flexibility index (Phi) is 5.05. The minimum Gasteiger partial charge on any atom is -0.355 e. The van der Waals surface area contributed by atoms with Crippen molar-refractivity contribution in [3.63, 3.8) is 0 Å². The molecule has 34 heavy (non-hydrogen) atoms. The molecule has 0 saturated heterocycles. The molecule has 3 heteroatoms. The first-order chi connectivity index (χ1) is 16.8. The van der Waals surface area contributed by atoms with Crippen LogP contribution in [0.2, 0.25) is 0 Å².